The second-order valence-corrected chi connectivity index (χ2v) is 4.67. The fraction of sp³-hybridized carbons (Fsp3) is 0.333. The maximum Gasteiger partial charge on any atom is 0.410 e. The van der Waals surface area contributed by atoms with E-state index in [1.54, 1.807) is 31.2 Å². The van der Waals surface area contributed by atoms with E-state index in [0.717, 1.165) is 11.5 Å². The molecule has 0 amide bonds. The zero-order valence-corrected chi connectivity index (χ0v) is 11.1. The lowest BCUT2D eigenvalue weighted by Gasteiger charge is -2.33. The third-order valence-electron chi connectivity index (χ3n) is 3.35. The van der Waals surface area contributed by atoms with Gasteiger partial charge in [0.15, 0.2) is 0 Å². The lowest BCUT2D eigenvalue weighted by Crippen LogP contribution is -2.56. The molecule has 1 aromatic heterocycles. The van der Waals surface area contributed by atoms with Crippen LogP contribution in [0.25, 0.3) is 11.0 Å². The van der Waals surface area contributed by atoms with E-state index in [9.17, 15) is 13.2 Å². The van der Waals surface area contributed by atoms with Crippen molar-refractivity contribution in [3.05, 3.63) is 48.7 Å². The minimum atomic E-state index is -4.41. The normalized spacial score (nSPS) is 15.2. The van der Waals surface area contributed by atoms with Gasteiger partial charge in [-0.1, -0.05) is 25.1 Å². The summed E-state index contributed by atoms with van der Waals surface area (Å²) in [5, 5.41) is 3.37. The molecule has 1 atom stereocenters. The van der Waals surface area contributed by atoms with Gasteiger partial charge in [-0.25, -0.2) is 0 Å². The SMILES string of the molecule is C=CC(Cc1ccc2ccoc2c1)(NCC)C(F)(F)F. The molecule has 0 fully saturated rings. The summed E-state index contributed by atoms with van der Waals surface area (Å²) in [4.78, 5) is 0. The molecular formula is C15H16F3NO. The Balaban J connectivity index is 2.37. The third-order valence-corrected chi connectivity index (χ3v) is 3.35. The van der Waals surface area contributed by atoms with Crippen molar-refractivity contribution in [2.45, 2.75) is 25.1 Å². The van der Waals surface area contributed by atoms with Crippen LogP contribution in [0.1, 0.15) is 12.5 Å². The number of nitrogens with one attached hydrogen (secondary N) is 1. The van der Waals surface area contributed by atoms with Crippen molar-refractivity contribution in [1.29, 1.82) is 0 Å². The first-order valence-electron chi connectivity index (χ1n) is 6.33. The van der Waals surface area contributed by atoms with Crippen molar-refractivity contribution in [3.8, 4) is 0 Å². The van der Waals surface area contributed by atoms with Gasteiger partial charge in [0.2, 0.25) is 0 Å². The molecular weight excluding hydrogens is 267 g/mol. The van der Waals surface area contributed by atoms with Crippen LogP contribution >= 0.6 is 0 Å². The lowest BCUT2D eigenvalue weighted by atomic mass is 9.89. The Morgan fingerprint density at radius 1 is 1.30 bits per heavy atom. The Hall–Kier alpha value is -1.75. The molecule has 20 heavy (non-hydrogen) atoms. The molecule has 0 spiro atoms. The van der Waals surface area contributed by atoms with Crippen LogP contribution in [0.5, 0.6) is 0 Å². The molecule has 1 aromatic carbocycles. The van der Waals surface area contributed by atoms with Crippen LogP contribution < -0.4 is 5.32 Å². The Bertz CT molecular complexity index is 602. The summed E-state index contributed by atoms with van der Waals surface area (Å²) in [5.74, 6) is 0. The Labute approximate surface area is 115 Å². The van der Waals surface area contributed by atoms with Crippen molar-refractivity contribution in [3.63, 3.8) is 0 Å². The number of halogens is 3. The zero-order valence-electron chi connectivity index (χ0n) is 11.1. The molecule has 0 radical (unpaired) electrons. The molecule has 2 aromatic rings. The molecule has 0 saturated carbocycles. The van der Waals surface area contributed by atoms with E-state index in [-0.39, 0.29) is 13.0 Å². The van der Waals surface area contributed by atoms with Crippen LogP contribution in [0.2, 0.25) is 0 Å². The largest absolute Gasteiger partial charge is 0.464 e. The van der Waals surface area contributed by atoms with Gasteiger partial charge < -0.3 is 9.73 Å². The second kappa shape index (κ2) is 5.32. The number of fused-ring (bicyclic) bond motifs is 1. The average molecular weight is 283 g/mol. The van der Waals surface area contributed by atoms with Gasteiger partial charge in [0.1, 0.15) is 11.1 Å². The molecule has 1 heterocycles. The minimum Gasteiger partial charge on any atom is -0.464 e. The van der Waals surface area contributed by atoms with Gasteiger partial charge in [0, 0.05) is 11.8 Å². The van der Waals surface area contributed by atoms with Crippen LogP contribution in [-0.4, -0.2) is 18.3 Å². The van der Waals surface area contributed by atoms with Crippen LogP contribution in [0.4, 0.5) is 13.2 Å². The Morgan fingerprint density at radius 2 is 2.05 bits per heavy atom. The third kappa shape index (κ3) is 2.58. The van der Waals surface area contributed by atoms with E-state index in [1.165, 1.54) is 6.26 Å². The van der Waals surface area contributed by atoms with E-state index in [0.29, 0.717) is 11.1 Å². The molecule has 5 heteroatoms. The molecule has 0 aliphatic heterocycles. The summed E-state index contributed by atoms with van der Waals surface area (Å²) in [7, 11) is 0. The molecule has 2 rings (SSSR count). The molecule has 0 bridgehead atoms. The van der Waals surface area contributed by atoms with E-state index in [1.807, 2.05) is 0 Å². The lowest BCUT2D eigenvalue weighted by molar-refractivity contribution is -0.181. The summed E-state index contributed by atoms with van der Waals surface area (Å²) in [6.07, 6.45) is -2.18. The number of rotatable bonds is 5. The van der Waals surface area contributed by atoms with Gasteiger partial charge in [0.25, 0.3) is 0 Å². The second-order valence-electron chi connectivity index (χ2n) is 4.67. The number of likely N-dealkylation sites (N-methyl/N-ethyl adjacent to an activating group) is 1. The topological polar surface area (TPSA) is 25.2 Å². The number of alkyl halides is 3. The van der Waals surface area contributed by atoms with Crippen LogP contribution in [0.15, 0.2) is 47.6 Å². The Morgan fingerprint density at radius 3 is 2.65 bits per heavy atom. The maximum atomic E-state index is 13.3. The number of furan rings is 1. The highest BCUT2D eigenvalue weighted by atomic mass is 19.4. The highest BCUT2D eigenvalue weighted by Crippen LogP contribution is 2.35. The number of benzene rings is 1. The molecule has 108 valence electrons. The van der Waals surface area contributed by atoms with Gasteiger partial charge >= 0.3 is 6.18 Å². The molecule has 0 aliphatic rings. The van der Waals surface area contributed by atoms with Gasteiger partial charge in [0.05, 0.1) is 6.26 Å². The number of hydrogen-bond donors (Lipinski definition) is 1. The monoisotopic (exact) mass is 283 g/mol. The van der Waals surface area contributed by atoms with E-state index in [4.69, 9.17) is 4.42 Å². The van der Waals surface area contributed by atoms with E-state index < -0.39 is 11.7 Å². The molecule has 1 unspecified atom stereocenters. The van der Waals surface area contributed by atoms with Crippen LogP contribution in [0.3, 0.4) is 0 Å². The van der Waals surface area contributed by atoms with Crippen molar-refractivity contribution < 1.29 is 17.6 Å². The summed E-state index contributed by atoms with van der Waals surface area (Å²) in [5.41, 5.74) is -0.994. The molecule has 0 saturated heterocycles. The van der Waals surface area contributed by atoms with Gasteiger partial charge in [-0.05, 0) is 24.2 Å². The molecule has 0 aliphatic carbocycles. The fourth-order valence-corrected chi connectivity index (χ4v) is 2.27. The first-order valence-corrected chi connectivity index (χ1v) is 6.33. The zero-order chi connectivity index (χ0) is 14.8. The van der Waals surface area contributed by atoms with E-state index >= 15 is 0 Å². The summed E-state index contributed by atoms with van der Waals surface area (Å²) < 4.78 is 45.3. The highest BCUT2D eigenvalue weighted by Gasteiger charge is 2.52. The first kappa shape index (κ1) is 14.7. The minimum absolute atomic E-state index is 0.203. The van der Waals surface area contributed by atoms with Crippen molar-refractivity contribution in [2.75, 3.05) is 6.54 Å². The van der Waals surface area contributed by atoms with Crippen LogP contribution in [-0.2, 0) is 6.42 Å². The predicted molar refractivity (Wildman–Crippen MR) is 72.6 cm³/mol. The van der Waals surface area contributed by atoms with Gasteiger partial charge in [-0.15, -0.1) is 6.58 Å². The quantitative estimate of drug-likeness (QED) is 0.837. The predicted octanol–water partition coefficient (Wildman–Crippen LogP) is 4.07. The van der Waals surface area contributed by atoms with E-state index in [2.05, 4.69) is 11.9 Å². The summed E-state index contributed by atoms with van der Waals surface area (Å²) >= 11 is 0. The van der Waals surface area contributed by atoms with Crippen molar-refractivity contribution in [2.24, 2.45) is 0 Å². The number of hydrogen-bond acceptors (Lipinski definition) is 2. The molecule has 1 N–H and O–H groups in total. The maximum absolute atomic E-state index is 13.3. The summed E-state index contributed by atoms with van der Waals surface area (Å²) in [6, 6.07) is 6.84. The summed E-state index contributed by atoms with van der Waals surface area (Å²) in [6.45, 7) is 5.20. The first-order chi connectivity index (χ1) is 9.42. The Kier molecular flexibility index (Phi) is 3.90. The van der Waals surface area contributed by atoms with Gasteiger partial charge in [-0.2, -0.15) is 13.2 Å². The van der Waals surface area contributed by atoms with Crippen LogP contribution in [0, 0.1) is 0 Å². The van der Waals surface area contributed by atoms with Crippen molar-refractivity contribution in [1.82, 2.24) is 5.32 Å². The van der Waals surface area contributed by atoms with Gasteiger partial charge in [-0.3, -0.25) is 0 Å². The highest BCUT2D eigenvalue weighted by molar-refractivity contribution is 5.77. The average Bonchev–Trinajstić information content (AvgIpc) is 2.84. The van der Waals surface area contributed by atoms with Crippen molar-refractivity contribution >= 4 is 11.0 Å². The molecule has 2 nitrogen and oxygen atoms in total. The standard InChI is InChI=1S/C15H16F3NO/c1-3-14(19-4-2,15(16,17)18)10-11-5-6-12-7-8-20-13(12)9-11/h3,5-9,19H,1,4,10H2,2H3. The smallest absolute Gasteiger partial charge is 0.410 e. The fourth-order valence-electron chi connectivity index (χ4n) is 2.27.